The molecule has 33 heavy (non-hydrogen) atoms. The highest BCUT2D eigenvalue weighted by molar-refractivity contribution is 7.15. The van der Waals surface area contributed by atoms with Crippen LogP contribution in [0.25, 0.3) is 0 Å². The Labute approximate surface area is 194 Å². The number of carbonyl (C=O) groups is 1. The fourth-order valence-corrected chi connectivity index (χ4v) is 3.89. The van der Waals surface area contributed by atoms with Gasteiger partial charge in [0.25, 0.3) is 5.91 Å². The Hall–Kier alpha value is -3.82. The maximum atomic E-state index is 14.3. The number of benzene rings is 2. The molecule has 0 aliphatic rings. The minimum atomic E-state index is -0.432. The van der Waals surface area contributed by atoms with Crippen molar-refractivity contribution in [2.45, 2.75) is 19.6 Å². The van der Waals surface area contributed by atoms with E-state index in [2.05, 4.69) is 25.9 Å². The molecular weight excluding hydrogens is 439 g/mol. The molecule has 0 saturated carbocycles. The molecule has 0 fully saturated rings. The van der Waals surface area contributed by atoms with E-state index >= 15 is 0 Å². The summed E-state index contributed by atoms with van der Waals surface area (Å²) in [5.74, 6) is -0.0137. The number of amides is 1. The van der Waals surface area contributed by atoms with Crippen molar-refractivity contribution in [3.8, 4) is 0 Å². The molecule has 4 aromatic rings. The van der Waals surface area contributed by atoms with Crippen LogP contribution in [0, 0.1) is 5.82 Å². The molecule has 2 aromatic heterocycles. The molecule has 0 bridgehead atoms. The van der Waals surface area contributed by atoms with Crippen LogP contribution in [-0.2, 0) is 19.6 Å². The van der Waals surface area contributed by atoms with Crippen LogP contribution in [0.2, 0.25) is 0 Å². The van der Waals surface area contributed by atoms with E-state index in [4.69, 9.17) is 5.73 Å². The first-order valence-electron chi connectivity index (χ1n) is 10.3. The van der Waals surface area contributed by atoms with Gasteiger partial charge < -0.3 is 21.7 Å². The van der Waals surface area contributed by atoms with Gasteiger partial charge in [-0.05, 0) is 41.5 Å². The molecule has 168 valence electrons. The van der Waals surface area contributed by atoms with Crippen LogP contribution < -0.4 is 21.7 Å². The van der Waals surface area contributed by atoms with Gasteiger partial charge in [0.05, 0.1) is 12.2 Å². The standard InChI is InChI=1S/C24H23FN6OS/c25-20-8-7-18(23(32)29-13-17-5-3-4-16(10-17)12-26)11-21(20)28-14-19-15-30-24(33-19)31-22-6-1-2-9-27-22/h1-11,15,28H,12-14,26H2,(H,29,32)(H,27,30,31). The number of thiazole rings is 1. The highest BCUT2D eigenvalue weighted by Gasteiger charge is 2.11. The third-order valence-electron chi connectivity index (χ3n) is 4.82. The van der Waals surface area contributed by atoms with Crippen LogP contribution in [-0.4, -0.2) is 15.9 Å². The minimum Gasteiger partial charge on any atom is -0.378 e. The second kappa shape index (κ2) is 10.7. The van der Waals surface area contributed by atoms with Gasteiger partial charge in [-0.1, -0.05) is 41.7 Å². The molecule has 0 saturated heterocycles. The van der Waals surface area contributed by atoms with Crippen LogP contribution in [0.3, 0.4) is 0 Å². The summed E-state index contributed by atoms with van der Waals surface area (Å²) >= 11 is 1.44. The quantitative estimate of drug-likeness (QED) is 0.293. The summed E-state index contributed by atoms with van der Waals surface area (Å²) in [4.78, 5) is 22.0. The van der Waals surface area contributed by atoms with Crippen LogP contribution in [0.5, 0.6) is 0 Å². The van der Waals surface area contributed by atoms with Gasteiger partial charge in [-0.3, -0.25) is 4.79 Å². The van der Waals surface area contributed by atoms with E-state index in [-0.39, 0.29) is 11.6 Å². The molecule has 7 nitrogen and oxygen atoms in total. The first kappa shape index (κ1) is 22.4. The lowest BCUT2D eigenvalue weighted by molar-refractivity contribution is 0.0951. The van der Waals surface area contributed by atoms with Crippen molar-refractivity contribution in [1.29, 1.82) is 0 Å². The van der Waals surface area contributed by atoms with Gasteiger partial charge in [0.1, 0.15) is 11.6 Å². The summed E-state index contributed by atoms with van der Waals surface area (Å²) < 4.78 is 14.3. The van der Waals surface area contributed by atoms with Gasteiger partial charge in [0, 0.05) is 35.9 Å². The van der Waals surface area contributed by atoms with Crippen LogP contribution >= 0.6 is 11.3 Å². The number of aromatic nitrogens is 2. The number of nitrogens with zero attached hydrogens (tertiary/aromatic N) is 2. The van der Waals surface area contributed by atoms with E-state index < -0.39 is 5.82 Å². The zero-order chi connectivity index (χ0) is 23.0. The molecule has 4 rings (SSSR count). The first-order valence-corrected chi connectivity index (χ1v) is 11.1. The number of halogens is 1. The average molecular weight is 463 g/mol. The minimum absolute atomic E-state index is 0.250. The van der Waals surface area contributed by atoms with Crippen molar-refractivity contribution in [3.05, 3.63) is 100 Å². The Morgan fingerprint density at radius 2 is 1.88 bits per heavy atom. The molecule has 9 heteroatoms. The van der Waals surface area contributed by atoms with E-state index in [0.29, 0.717) is 36.1 Å². The van der Waals surface area contributed by atoms with Gasteiger partial charge in [0.15, 0.2) is 5.13 Å². The van der Waals surface area contributed by atoms with Crippen LogP contribution in [0.15, 0.2) is 73.1 Å². The second-order valence-electron chi connectivity index (χ2n) is 7.23. The van der Waals surface area contributed by atoms with Gasteiger partial charge in [-0.2, -0.15) is 0 Å². The Balaban J connectivity index is 1.35. The van der Waals surface area contributed by atoms with Gasteiger partial charge in [-0.15, -0.1) is 0 Å². The Bertz CT molecular complexity index is 1230. The number of nitrogens with two attached hydrogens (primary N) is 1. The Kier molecular flexibility index (Phi) is 7.23. The maximum absolute atomic E-state index is 14.3. The number of carbonyl (C=O) groups excluding carboxylic acids is 1. The summed E-state index contributed by atoms with van der Waals surface area (Å²) in [5, 5.41) is 9.73. The highest BCUT2D eigenvalue weighted by atomic mass is 32.1. The van der Waals surface area contributed by atoms with Crippen molar-refractivity contribution < 1.29 is 9.18 Å². The third-order valence-corrected chi connectivity index (χ3v) is 5.73. The zero-order valence-electron chi connectivity index (χ0n) is 17.7. The van der Waals surface area contributed by atoms with Gasteiger partial charge in [-0.25, -0.2) is 14.4 Å². The van der Waals surface area contributed by atoms with Crippen molar-refractivity contribution in [3.63, 3.8) is 0 Å². The molecule has 2 heterocycles. The lowest BCUT2D eigenvalue weighted by Crippen LogP contribution is -2.23. The normalized spacial score (nSPS) is 10.6. The Morgan fingerprint density at radius 1 is 1.00 bits per heavy atom. The number of nitrogens with one attached hydrogen (secondary N) is 3. The molecule has 0 aliphatic heterocycles. The topological polar surface area (TPSA) is 105 Å². The second-order valence-corrected chi connectivity index (χ2v) is 8.34. The van der Waals surface area contributed by atoms with Gasteiger partial charge in [0.2, 0.25) is 0 Å². The molecule has 0 unspecified atom stereocenters. The van der Waals surface area contributed by atoms with E-state index in [1.165, 1.54) is 29.5 Å². The largest absolute Gasteiger partial charge is 0.378 e. The summed E-state index contributed by atoms with van der Waals surface area (Å²) in [6, 6.07) is 17.5. The molecule has 5 N–H and O–H groups in total. The van der Waals surface area contributed by atoms with Crippen molar-refractivity contribution in [2.75, 3.05) is 10.6 Å². The molecule has 0 radical (unpaired) electrons. The number of rotatable bonds is 9. The first-order chi connectivity index (χ1) is 16.1. The van der Waals surface area contributed by atoms with Crippen molar-refractivity contribution in [2.24, 2.45) is 5.73 Å². The van der Waals surface area contributed by atoms with E-state index in [1.54, 1.807) is 12.4 Å². The predicted octanol–water partition coefficient (Wildman–Crippen LogP) is 4.42. The van der Waals surface area contributed by atoms with Crippen LogP contribution in [0.4, 0.5) is 21.0 Å². The number of hydrogen-bond donors (Lipinski definition) is 4. The number of pyridine rings is 1. The summed E-state index contributed by atoms with van der Waals surface area (Å²) in [7, 11) is 0. The smallest absolute Gasteiger partial charge is 0.251 e. The van der Waals surface area contributed by atoms with E-state index in [1.807, 2.05) is 42.5 Å². The lowest BCUT2D eigenvalue weighted by atomic mass is 10.1. The van der Waals surface area contributed by atoms with Crippen molar-refractivity contribution in [1.82, 2.24) is 15.3 Å². The highest BCUT2D eigenvalue weighted by Crippen LogP contribution is 2.23. The summed E-state index contributed by atoms with van der Waals surface area (Å²) in [6.45, 7) is 1.17. The summed E-state index contributed by atoms with van der Waals surface area (Å²) in [5.41, 5.74) is 8.23. The molecular formula is C24H23FN6OS. The number of hydrogen-bond acceptors (Lipinski definition) is 7. The van der Waals surface area contributed by atoms with Crippen molar-refractivity contribution >= 4 is 33.9 Å². The molecule has 0 atom stereocenters. The molecule has 0 spiro atoms. The lowest BCUT2D eigenvalue weighted by Gasteiger charge is -2.10. The molecule has 0 aliphatic carbocycles. The van der Waals surface area contributed by atoms with Crippen LogP contribution in [0.1, 0.15) is 26.4 Å². The van der Waals surface area contributed by atoms with E-state index in [0.717, 1.165) is 16.0 Å². The molecule has 1 amide bonds. The maximum Gasteiger partial charge on any atom is 0.251 e. The third kappa shape index (κ3) is 6.12. The predicted molar refractivity (Wildman–Crippen MR) is 129 cm³/mol. The SMILES string of the molecule is NCc1cccc(CNC(=O)c2ccc(F)c(NCc3cnc(Nc4ccccn4)s3)c2)c1. The monoisotopic (exact) mass is 462 g/mol. The summed E-state index contributed by atoms with van der Waals surface area (Å²) in [6.07, 6.45) is 3.41. The van der Waals surface area contributed by atoms with E-state index in [9.17, 15) is 9.18 Å². The fraction of sp³-hybridized carbons (Fsp3) is 0.125. The average Bonchev–Trinajstić information content (AvgIpc) is 3.30. The zero-order valence-corrected chi connectivity index (χ0v) is 18.5. The molecule has 2 aromatic carbocycles. The fourth-order valence-electron chi connectivity index (χ4n) is 3.13. The Morgan fingerprint density at radius 3 is 2.70 bits per heavy atom. The van der Waals surface area contributed by atoms with Gasteiger partial charge >= 0.3 is 0 Å². The number of anilines is 3.